The molecule has 0 aliphatic rings. The van der Waals surface area contributed by atoms with Crippen LogP contribution in [-0.4, -0.2) is 15.4 Å². The molecular formula is C6H11ClN2OS. The Morgan fingerprint density at radius 1 is 1.45 bits per heavy atom. The Labute approximate surface area is 76.6 Å². The number of hydrogen-bond acceptors (Lipinski definition) is 2. The molecule has 0 aliphatic heterocycles. The van der Waals surface area contributed by atoms with E-state index >= 15 is 0 Å². The Morgan fingerprint density at radius 2 is 2.00 bits per heavy atom. The van der Waals surface area contributed by atoms with E-state index < -0.39 is 0 Å². The molecule has 0 bridgehead atoms. The van der Waals surface area contributed by atoms with Crippen LogP contribution in [-0.2, 0) is 0 Å². The number of rotatable bonds is 0. The van der Waals surface area contributed by atoms with E-state index in [0.717, 1.165) is 11.4 Å². The maximum atomic E-state index is 4.82. The number of aromatic nitrogens is 2. The van der Waals surface area contributed by atoms with Crippen LogP contribution in [0.15, 0.2) is 6.07 Å². The quantitative estimate of drug-likeness (QED) is 0.634. The van der Waals surface area contributed by atoms with Gasteiger partial charge in [0.2, 0.25) is 0 Å². The Balaban J connectivity index is 0. The summed E-state index contributed by atoms with van der Waals surface area (Å²) < 4.78 is 0.563. The van der Waals surface area contributed by atoms with Crippen LogP contribution in [0.5, 0.6) is 0 Å². The van der Waals surface area contributed by atoms with Crippen LogP contribution in [0.2, 0.25) is 0 Å². The third-order valence-corrected chi connectivity index (χ3v) is 1.20. The van der Waals surface area contributed by atoms with Gasteiger partial charge in [-0.15, -0.1) is 12.4 Å². The van der Waals surface area contributed by atoms with Gasteiger partial charge in [0.1, 0.15) is 0 Å². The van der Waals surface area contributed by atoms with Crippen molar-refractivity contribution in [2.45, 2.75) is 13.8 Å². The first-order valence-electron chi connectivity index (χ1n) is 2.73. The SMILES string of the molecule is Cc1cc(C)[nH]c(=S)n1.Cl.O. The topological polar surface area (TPSA) is 60.2 Å². The van der Waals surface area contributed by atoms with Crippen molar-refractivity contribution in [3.05, 3.63) is 22.2 Å². The zero-order chi connectivity index (χ0) is 6.85. The largest absolute Gasteiger partial charge is 0.412 e. The highest BCUT2D eigenvalue weighted by Gasteiger charge is 1.85. The molecule has 0 saturated heterocycles. The van der Waals surface area contributed by atoms with E-state index in [4.69, 9.17) is 12.2 Å². The highest BCUT2D eigenvalue weighted by molar-refractivity contribution is 7.71. The Morgan fingerprint density at radius 3 is 2.36 bits per heavy atom. The predicted molar refractivity (Wildman–Crippen MR) is 49.8 cm³/mol. The summed E-state index contributed by atoms with van der Waals surface area (Å²) in [6, 6.07) is 1.95. The molecule has 0 aromatic carbocycles. The van der Waals surface area contributed by atoms with Crippen LogP contribution < -0.4 is 0 Å². The maximum Gasteiger partial charge on any atom is 0.197 e. The summed E-state index contributed by atoms with van der Waals surface area (Å²) in [5, 5.41) is 0. The standard InChI is InChI=1S/C6H8N2S.ClH.H2O/c1-4-3-5(2)8-6(9)7-4;;/h3H,1-2H3,(H,7,8,9);1H;1H2. The molecule has 3 nitrogen and oxygen atoms in total. The van der Waals surface area contributed by atoms with E-state index in [1.54, 1.807) is 0 Å². The normalized spacial score (nSPS) is 7.82. The minimum atomic E-state index is 0. The van der Waals surface area contributed by atoms with Crippen LogP contribution in [0.4, 0.5) is 0 Å². The summed E-state index contributed by atoms with van der Waals surface area (Å²) in [6.45, 7) is 3.89. The van der Waals surface area contributed by atoms with Crippen molar-refractivity contribution in [1.82, 2.24) is 9.97 Å². The first-order valence-corrected chi connectivity index (χ1v) is 3.14. The summed E-state index contributed by atoms with van der Waals surface area (Å²) in [7, 11) is 0. The first-order chi connectivity index (χ1) is 4.18. The number of nitrogens with zero attached hydrogens (tertiary/aromatic N) is 1. The van der Waals surface area contributed by atoms with Gasteiger partial charge in [-0.05, 0) is 32.1 Å². The monoisotopic (exact) mass is 194 g/mol. The number of halogens is 1. The van der Waals surface area contributed by atoms with Gasteiger partial charge in [0.05, 0.1) is 0 Å². The molecule has 3 N–H and O–H groups in total. The van der Waals surface area contributed by atoms with E-state index in [1.807, 2.05) is 19.9 Å². The minimum absolute atomic E-state index is 0. The molecule has 0 saturated carbocycles. The van der Waals surface area contributed by atoms with Crippen molar-refractivity contribution in [1.29, 1.82) is 0 Å². The second-order valence-electron chi connectivity index (χ2n) is 2.01. The van der Waals surface area contributed by atoms with Gasteiger partial charge in [-0.2, -0.15) is 0 Å². The lowest BCUT2D eigenvalue weighted by Gasteiger charge is -1.92. The molecule has 5 heteroatoms. The minimum Gasteiger partial charge on any atom is -0.412 e. The molecule has 0 unspecified atom stereocenters. The van der Waals surface area contributed by atoms with Crippen LogP contribution >= 0.6 is 24.6 Å². The van der Waals surface area contributed by atoms with Gasteiger partial charge in [0.25, 0.3) is 0 Å². The van der Waals surface area contributed by atoms with E-state index in [0.29, 0.717) is 4.77 Å². The number of hydrogen-bond donors (Lipinski definition) is 1. The van der Waals surface area contributed by atoms with Gasteiger partial charge in [-0.3, -0.25) is 0 Å². The first kappa shape index (κ1) is 13.2. The summed E-state index contributed by atoms with van der Waals surface area (Å²) in [6.07, 6.45) is 0. The van der Waals surface area contributed by atoms with E-state index in [9.17, 15) is 0 Å². The zero-order valence-corrected chi connectivity index (χ0v) is 7.97. The van der Waals surface area contributed by atoms with Gasteiger partial charge < -0.3 is 10.5 Å². The lowest BCUT2D eigenvalue weighted by atomic mass is 10.4. The fourth-order valence-corrected chi connectivity index (χ4v) is 1.04. The summed E-state index contributed by atoms with van der Waals surface area (Å²) in [5.41, 5.74) is 2.03. The van der Waals surface area contributed by atoms with Gasteiger partial charge in [-0.25, -0.2) is 4.98 Å². The highest BCUT2D eigenvalue weighted by atomic mass is 35.5. The smallest absolute Gasteiger partial charge is 0.197 e. The Bertz CT molecular complexity index is 250. The van der Waals surface area contributed by atoms with Crippen molar-refractivity contribution in [3.8, 4) is 0 Å². The molecule has 0 fully saturated rings. The average Bonchev–Trinajstić information content (AvgIpc) is 1.59. The number of aromatic amines is 1. The predicted octanol–water partition coefficient (Wildman–Crippen LogP) is 1.35. The van der Waals surface area contributed by atoms with E-state index in [-0.39, 0.29) is 17.9 Å². The van der Waals surface area contributed by atoms with Gasteiger partial charge >= 0.3 is 0 Å². The van der Waals surface area contributed by atoms with E-state index in [2.05, 4.69) is 9.97 Å². The second kappa shape index (κ2) is 5.23. The number of H-pyrrole nitrogens is 1. The highest BCUT2D eigenvalue weighted by Crippen LogP contribution is 1.93. The van der Waals surface area contributed by atoms with Crippen molar-refractivity contribution in [2.75, 3.05) is 0 Å². The van der Waals surface area contributed by atoms with Crippen molar-refractivity contribution in [3.63, 3.8) is 0 Å². The molecule has 0 aliphatic carbocycles. The number of aryl methyl sites for hydroxylation is 2. The lowest BCUT2D eigenvalue weighted by Crippen LogP contribution is -1.87. The molecule has 1 heterocycles. The molecule has 0 amide bonds. The van der Waals surface area contributed by atoms with Crippen LogP contribution in [0.1, 0.15) is 11.4 Å². The number of nitrogens with one attached hydrogen (secondary N) is 1. The zero-order valence-electron chi connectivity index (χ0n) is 6.34. The Hall–Kier alpha value is -0.450. The third-order valence-electron chi connectivity index (χ3n) is 1.01. The molecular weight excluding hydrogens is 184 g/mol. The van der Waals surface area contributed by atoms with Crippen molar-refractivity contribution < 1.29 is 5.48 Å². The second-order valence-corrected chi connectivity index (χ2v) is 2.40. The maximum absolute atomic E-state index is 4.82. The molecule has 1 aromatic heterocycles. The van der Waals surface area contributed by atoms with E-state index in [1.165, 1.54) is 0 Å². The van der Waals surface area contributed by atoms with Gasteiger partial charge in [-0.1, -0.05) is 0 Å². The summed E-state index contributed by atoms with van der Waals surface area (Å²) >= 11 is 4.82. The van der Waals surface area contributed by atoms with Gasteiger partial charge in [0, 0.05) is 11.4 Å². The molecule has 11 heavy (non-hydrogen) atoms. The van der Waals surface area contributed by atoms with Crippen molar-refractivity contribution in [2.24, 2.45) is 0 Å². The molecule has 0 spiro atoms. The lowest BCUT2D eigenvalue weighted by molar-refractivity contribution is 0.824. The van der Waals surface area contributed by atoms with Crippen LogP contribution in [0.25, 0.3) is 0 Å². The average molecular weight is 195 g/mol. The molecule has 0 radical (unpaired) electrons. The fourth-order valence-electron chi connectivity index (χ4n) is 0.738. The Kier molecular flexibility index (Phi) is 6.26. The molecule has 1 aromatic rings. The summed E-state index contributed by atoms with van der Waals surface area (Å²) in [4.78, 5) is 6.91. The third kappa shape index (κ3) is 4.08. The van der Waals surface area contributed by atoms with Gasteiger partial charge in [0.15, 0.2) is 4.77 Å². The molecule has 64 valence electrons. The van der Waals surface area contributed by atoms with Crippen molar-refractivity contribution >= 4 is 24.6 Å². The van der Waals surface area contributed by atoms with Crippen LogP contribution in [0, 0.1) is 18.6 Å². The molecule has 0 atom stereocenters. The fraction of sp³-hybridized carbons (Fsp3) is 0.333. The van der Waals surface area contributed by atoms with Crippen LogP contribution in [0.3, 0.4) is 0 Å². The summed E-state index contributed by atoms with van der Waals surface area (Å²) in [5.74, 6) is 0. The molecule has 1 rings (SSSR count).